The standard InChI is InChI=1S/C23H27N3O2/c1-15-5-4-6-17(13-15)14-21-24-23-20(26(21)3)11-12-22(25-23)28-19-9-7-18(8-10-19)16(2)27/h4-6,11-13,18-19H,7-10,14H2,1-3H3. The third kappa shape index (κ3) is 3.93. The number of ketones is 1. The summed E-state index contributed by atoms with van der Waals surface area (Å²) in [5, 5.41) is 0. The number of nitrogens with zero attached hydrogens (tertiary/aromatic N) is 3. The maximum absolute atomic E-state index is 11.5. The third-order valence-corrected chi connectivity index (χ3v) is 5.79. The number of benzene rings is 1. The maximum Gasteiger partial charge on any atom is 0.215 e. The molecule has 4 rings (SSSR count). The molecule has 0 bridgehead atoms. The van der Waals surface area contributed by atoms with Crippen molar-refractivity contribution in [2.45, 2.75) is 52.1 Å². The summed E-state index contributed by atoms with van der Waals surface area (Å²) >= 11 is 0. The van der Waals surface area contributed by atoms with Crippen molar-refractivity contribution in [3.63, 3.8) is 0 Å². The molecule has 1 aliphatic carbocycles. The summed E-state index contributed by atoms with van der Waals surface area (Å²) in [7, 11) is 2.03. The molecule has 0 unspecified atom stereocenters. The number of imidazole rings is 1. The second kappa shape index (κ2) is 7.74. The van der Waals surface area contributed by atoms with Gasteiger partial charge in [-0.1, -0.05) is 29.8 Å². The number of aromatic nitrogens is 3. The van der Waals surface area contributed by atoms with Crippen molar-refractivity contribution in [1.82, 2.24) is 14.5 Å². The number of hydrogen-bond acceptors (Lipinski definition) is 4. The van der Waals surface area contributed by atoms with E-state index >= 15 is 0 Å². The van der Waals surface area contributed by atoms with Crippen LogP contribution in [0.1, 0.15) is 49.6 Å². The van der Waals surface area contributed by atoms with Gasteiger partial charge in [0.15, 0.2) is 5.65 Å². The van der Waals surface area contributed by atoms with Gasteiger partial charge in [-0.2, -0.15) is 4.98 Å². The minimum Gasteiger partial charge on any atom is -0.474 e. The van der Waals surface area contributed by atoms with Gasteiger partial charge in [-0.3, -0.25) is 4.79 Å². The van der Waals surface area contributed by atoms with Crippen LogP contribution < -0.4 is 4.74 Å². The average molecular weight is 377 g/mol. The fourth-order valence-electron chi connectivity index (χ4n) is 4.09. The first-order valence-electron chi connectivity index (χ1n) is 10.0. The van der Waals surface area contributed by atoms with Crippen LogP contribution in [0.15, 0.2) is 36.4 Å². The number of Topliss-reactive ketones (excluding diaryl/α,β-unsaturated/α-hetero) is 1. The highest BCUT2D eigenvalue weighted by Gasteiger charge is 2.25. The molecule has 1 aliphatic rings. The van der Waals surface area contributed by atoms with Crippen LogP contribution in [0.25, 0.3) is 11.2 Å². The SMILES string of the molecule is CC(=O)C1CCC(Oc2ccc3c(n2)nc(Cc2cccc(C)c2)n3C)CC1. The highest BCUT2D eigenvalue weighted by Crippen LogP contribution is 2.28. The molecule has 0 aliphatic heterocycles. The summed E-state index contributed by atoms with van der Waals surface area (Å²) in [4.78, 5) is 20.9. The molecule has 146 valence electrons. The van der Waals surface area contributed by atoms with Crippen molar-refractivity contribution in [3.8, 4) is 5.88 Å². The summed E-state index contributed by atoms with van der Waals surface area (Å²) in [6.45, 7) is 3.80. The van der Waals surface area contributed by atoms with Gasteiger partial charge in [0.05, 0.1) is 5.52 Å². The molecule has 0 atom stereocenters. The first kappa shape index (κ1) is 18.7. The maximum atomic E-state index is 11.5. The lowest BCUT2D eigenvalue weighted by Crippen LogP contribution is -2.27. The lowest BCUT2D eigenvalue weighted by Gasteiger charge is -2.27. The molecule has 1 saturated carbocycles. The highest BCUT2D eigenvalue weighted by atomic mass is 16.5. The number of carbonyl (C=O) groups excluding carboxylic acids is 1. The summed E-state index contributed by atoms with van der Waals surface area (Å²) in [5.74, 6) is 2.12. The van der Waals surface area contributed by atoms with Gasteiger partial charge in [-0.05, 0) is 51.2 Å². The molecule has 1 fully saturated rings. The van der Waals surface area contributed by atoms with Gasteiger partial charge >= 0.3 is 0 Å². The van der Waals surface area contributed by atoms with E-state index in [0.717, 1.165) is 49.1 Å². The Bertz CT molecular complexity index is 1000. The van der Waals surface area contributed by atoms with Crippen LogP contribution >= 0.6 is 0 Å². The van der Waals surface area contributed by atoms with E-state index in [9.17, 15) is 4.79 Å². The molecule has 5 nitrogen and oxygen atoms in total. The first-order valence-corrected chi connectivity index (χ1v) is 10.0. The molecule has 1 aromatic carbocycles. The number of hydrogen-bond donors (Lipinski definition) is 0. The Labute approximate surface area is 165 Å². The van der Waals surface area contributed by atoms with Crippen molar-refractivity contribution in [2.24, 2.45) is 13.0 Å². The molecule has 0 spiro atoms. The molecule has 2 aromatic heterocycles. The second-order valence-corrected chi connectivity index (χ2v) is 7.95. The fourth-order valence-corrected chi connectivity index (χ4v) is 4.09. The minimum atomic E-state index is 0.135. The molecule has 5 heteroatoms. The van der Waals surface area contributed by atoms with Crippen molar-refractivity contribution in [2.75, 3.05) is 0 Å². The lowest BCUT2D eigenvalue weighted by molar-refractivity contribution is -0.122. The minimum absolute atomic E-state index is 0.135. The summed E-state index contributed by atoms with van der Waals surface area (Å²) in [6.07, 6.45) is 4.55. The number of carbonyl (C=O) groups is 1. The van der Waals surface area contributed by atoms with E-state index in [-0.39, 0.29) is 12.0 Å². The van der Waals surface area contributed by atoms with E-state index < -0.39 is 0 Å². The smallest absolute Gasteiger partial charge is 0.215 e. The Morgan fingerprint density at radius 1 is 1.14 bits per heavy atom. The second-order valence-electron chi connectivity index (χ2n) is 7.95. The van der Waals surface area contributed by atoms with Crippen LogP contribution in [-0.2, 0) is 18.3 Å². The molecule has 0 N–H and O–H groups in total. The number of rotatable bonds is 5. The number of fused-ring (bicyclic) bond motifs is 1. The molecule has 0 saturated heterocycles. The highest BCUT2D eigenvalue weighted by molar-refractivity contribution is 5.78. The van der Waals surface area contributed by atoms with Crippen molar-refractivity contribution >= 4 is 16.9 Å². The molecule has 28 heavy (non-hydrogen) atoms. The largest absolute Gasteiger partial charge is 0.474 e. The summed E-state index contributed by atoms with van der Waals surface area (Å²) in [5.41, 5.74) is 4.23. The van der Waals surface area contributed by atoms with Crippen LogP contribution in [0.3, 0.4) is 0 Å². The van der Waals surface area contributed by atoms with E-state index in [1.807, 2.05) is 19.2 Å². The van der Waals surface area contributed by atoms with Gasteiger partial charge in [0.25, 0.3) is 0 Å². The van der Waals surface area contributed by atoms with Crippen LogP contribution in [-0.4, -0.2) is 26.4 Å². The zero-order valence-corrected chi connectivity index (χ0v) is 16.8. The van der Waals surface area contributed by atoms with Crippen LogP contribution in [0, 0.1) is 12.8 Å². The summed E-state index contributed by atoms with van der Waals surface area (Å²) in [6, 6.07) is 12.5. The zero-order chi connectivity index (χ0) is 19.7. The van der Waals surface area contributed by atoms with Gasteiger partial charge < -0.3 is 9.30 Å². The van der Waals surface area contributed by atoms with Crippen molar-refractivity contribution < 1.29 is 9.53 Å². The van der Waals surface area contributed by atoms with Gasteiger partial charge in [0.2, 0.25) is 5.88 Å². The number of pyridine rings is 1. The Balaban J connectivity index is 1.49. The predicted molar refractivity (Wildman–Crippen MR) is 110 cm³/mol. The molecular weight excluding hydrogens is 350 g/mol. The van der Waals surface area contributed by atoms with Gasteiger partial charge in [0, 0.05) is 25.5 Å². The first-order chi connectivity index (χ1) is 13.5. The average Bonchev–Trinajstić information content (AvgIpc) is 2.97. The topological polar surface area (TPSA) is 57.0 Å². The molecule has 2 heterocycles. The zero-order valence-electron chi connectivity index (χ0n) is 16.8. The Hall–Kier alpha value is -2.69. The Morgan fingerprint density at radius 2 is 1.93 bits per heavy atom. The Morgan fingerprint density at radius 3 is 2.64 bits per heavy atom. The quantitative estimate of drug-likeness (QED) is 0.661. The number of aryl methyl sites for hydroxylation is 2. The van der Waals surface area contributed by atoms with Crippen molar-refractivity contribution in [3.05, 3.63) is 53.3 Å². The van der Waals surface area contributed by atoms with E-state index in [2.05, 4.69) is 40.7 Å². The van der Waals surface area contributed by atoms with Crippen LogP contribution in [0.4, 0.5) is 0 Å². The summed E-state index contributed by atoms with van der Waals surface area (Å²) < 4.78 is 8.21. The molecular formula is C23H27N3O2. The monoisotopic (exact) mass is 377 g/mol. The van der Waals surface area contributed by atoms with Gasteiger partial charge in [0.1, 0.15) is 17.7 Å². The van der Waals surface area contributed by atoms with Gasteiger partial charge in [-0.15, -0.1) is 0 Å². The third-order valence-electron chi connectivity index (χ3n) is 5.79. The number of ether oxygens (including phenoxy) is 1. The van der Waals surface area contributed by atoms with E-state index in [0.29, 0.717) is 11.7 Å². The molecule has 0 radical (unpaired) electrons. The van der Waals surface area contributed by atoms with Crippen LogP contribution in [0.2, 0.25) is 0 Å². The Kier molecular flexibility index (Phi) is 5.16. The van der Waals surface area contributed by atoms with E-state index in [4.69, 9.17) is 9.72 Å². The normalized spacial score (nSPS) is 19.7. The van der Waals surface area contributed by atoms with Crippen molar-refractivity contribution in [1.29, 1.82) is 0 Å². The molecule has 3 aromatic rings. The van der Waals surface area contributed by atoms with Crippen LogP contribution in [0.5, 0.6) is 5.88 Å². The fraction of sp³-hybridized carbons (Fsp3) is 0.435. The lowest BCUT2D eigenvalue weighted by atomic mass is 9.85. The van der Waals surface area contributed by atoms with E-state index in [1.54, 1.807) is 6.92 Å². The van der Waals surface area contributed by atoms with Gasteiger partial charge in [-0.25, -0.2) is 4.98 Å². The molecule has 0 amide bonds. The predicted octanol–water partition coefficient (Wildman–Crippen LogP) is 4.39. The van der Waals surface area contributed by atoms with E-state index in [1.165, 1.54) is 11.1 Å².